The van der Waals surface area contributed by atoms with Crippen LogP contribution in [0, 0.1) is 0 Å². The molecule has 1 saturated heterocycles. The van der Waals surface area contributed by atoms with E-state index >= 15 is 0 Å². The minimum absolute atomic E-state index is 0.0323. The molecule has 2 N–H and O–H groups in total. The van der Waals surface area contributed by atoms with Gasteiger partial charge in [-0.3, -0.25) is 4.79 Å². The number of nitrogens with zero attached hydrogens (tertiary/aromatic N) is 1. The Kier molecular flexibility index (Phi) is 5.73. The number of phenolic OH excluding ortho intramolecular Hbond substituents is 1. The molecule has 1 heterocycles. The van der Waals surface area contributed by atoms with E-state index in [-0.39, 0.29) is 30.2 Å². The second-order valence-corrected chi connectivity index (χ2v) is 8.59. The maximum absolute atomic E-state index is 12.6. The maximum atomic E-state index is 12.6. The molecule has 1 aliphatic carbocycles. The molecule has 0 spiro atoms. The second kappa shape index (κ2) is 8.98. The number of likely N-dealkylation sites (tertiary alicyclic amines) is 1. The van der Waals surface area contributed by atoms with Crippen molar-refractivity contribution in [3.05, 3.63) is 89.5 Å². The second-order valence-electron chi connectivity index (χ2n) is 8.59. The summed E-state index contributed by atoms with van der Waals surface area (Å²) >= 11 is 0. The number of piperidine rings is 1. The van der Waals surface area contributed by atoms with Crippen LogP contribution in [0.2, 0.25) is 0 Å². The number of alkyl carbamates (subject to hydrolysis) is 1. The molecule has 5 rings (SSSR count). The number of nitrogens with one attached hydrogen (secondary N) is 1. The van der Waals surface area contributed by atoms with Crippen LogP contribution < -0.4 is 5.32 Å². The lowest BCUT2D eigenvalue weighted by Gasteiger charge is -2.32. The quantitative estimate of drug-likeness (QED) is 0.622. The zero-order chi connectivity index (χ0) is 22.8. The third kappa shape index (κ3) is 4.29. The van der Waals surface area contributed by atoms with Crippen molar-refractivity contribution < 1.29 is 19.4 Å². The highest BCUT2D eigenvalue weighted by atomic mass is 16.5. The Balaban J connectivity index is 1.14. The fraction of sp³-hybridized carbons (Fsp3) is 0.259. The van der Waals surface area contributed by atoms with Crippen LogP contribution >= 0.6 is 0 Å². The molecule has 2 amide bonds. The molecule has 0 saturated carbocycles. The van der Waals surface area contributed by atoms with Crippen LogP contribution in [0.25, 0.3) is 11.1 Å². The molecule has 0 aromatic heterocycles. The summed E-state index contributed by atoms with van der Waals surface area (Å²) in [5.74, 6) is 0.00283. The number of phenols is 1. The fourth-order valence-corrected chi connectivity index (χ4v) is 4.86. The molecule has 0 radical (unpaired) electrons. The van der Waals surface area contributed by atoms with Crippen LogP contribution in [0.5, 0.6) is 5.75 Å². The van der Waals surface area contributed by atoms with Crippen molar-refractivity contribution in [3.8, 4) is 16.9 Å². The van der Waals surface area contributed by atoms with Crippen molar-refractivity contribution in [1.29, 1.82) is 0 Å². The first kappa shape index (κ1) is 21.1. The molecule has 168 valence electrons. The van der Waals surface area contributed by atoms with Crippen LogP contribution in [0.1, 0.15) is 40.2 Å². The lowest BCUT2D eigenvalue weighted by atomic mass is 9.98. The molecule has 33 heavy (non-hydrogen) atoms. The first-order chi connectivity index (χ1) is 16.1. The van der Waals surface area contributed by atoms with E-state index < -0.39 is 6.09 Å². The van der Waals surface area contributed by atoms with Gasteiger partial charge in [0.15, 0.2) is 0 Å². The number of aromatic hydroxyl groups is 1. The van der Waals surface area contributed by atoms with E-state index in [1.165, 1.54) is 28.3 Å². The van der Waals surface area contributed by atoms with E-state index in [9.17, 15) is 14.7 Å². The van der Waals surface area contributed by atoms with Crippen molar-refractivity contribution in [2.45, 2.75) is 24.8 Å². The third-order valence-corrected chi connectivity index (χ3v) is 6.54. The van der Waals surface area contributed by atoms with Gasteiger partial charge in [0.2, 0.25) is 0 Å². The number of fused-ring (bicyclic) bond motifs is 3. The van der Waals surface area contributed by atoms with E-state index in [2.05, 4.69) is 29.6 Å². The minimum Gasteiger partial charge on any atom is -0.508 e. The van der Waals surface area contributed by atoms with Gasteiger partial charge in [-0.05, 0) is 53.3 Å². The van der Waals surface area contributed by atoms with Crippen LogP contribution in [0.4, 0.5) is 4.79 Å². The van der Waals surface area contributed by atoms with Crippen molar-refractivity contribution in [2.24, 2.45) is 0 Å². The van der Waals surface area contributed by atoms with Crippen LogP contribution in [-0.4, -0.2) is 47.7 Å². The van der Waals surface area contributed by atoms with Gasteiger partial charge in [-0.1, -0.05) is 54.6 Å². The van der Waals surface area contributed by atoms with Gasteiger partial charge < -0.3 is 20.1 Å². The number of hydrogen-bond acceptors (Lipinski definition) is 4. The Morgan fingerprint density at radius 3 is 2.18 bits per heavy atom. The number of hydrogen-bond donors (Lipinski definition) is 2. The third-order valence-electron chi connectivity index (χ3n) is 6.54. The number of carbonyl (C=O) groups excluding carboxylic acids is 2. The first-order valence-electron chi connectivity index (χ1n) is 11.3. The first-order valence-corrected chi connectivity index (χ1v) is 11.3. The van der Waals surface area contributed by atoms with E-state index in [1.54, 1.807) is 23.1 Å². The topological polar surface area (TPSA) is 78.9 Å². The average molecular weight is 443 g/mol. The molecule has 0 unspecified atom stereocenters. The summed E-state index contributed by atoms with van der Waals surface area (Å²) in [6.07, 6.45) is 0.901. The molecular weight excluding hydrogens is 416 g/mol. The average Bonchev–Trinajstić information content (AvgIpc) is 3.16. The van der Waals surface area contributed by atoms with E-state index in [4.69, 9.17) is 4.74 Å². The van der Waals surface area contributed by atoms with E-state index in [1.807, 2.05) is 24.3 Å². The number of amides is 2. The largest absolute Gasteiger partial charge is 0.508 e. The summed E-state index contributed by atoms with van der Waals surface area (Å²) in [4.78, 5) is 26.9. The Morgan fingerprint density at radius 1 is 0.909 bits per heavy atom. The van der Waals surface area contributed by atoms with Crippen molar-refractivity contribution in [2.75, 3.05) is 19.7 Å². The zero-order valence-corrected chi connectivity index (χ0v) is 18.2. The SMILES string of the molecule is O=C(NC1CCN(C(=O)c2cccc(O)c2)CC1)OCC1c2ccccc2-c2ccccc21. The standard InChI is InChI=1S/C27H26N2O4/c30-20-7-5-6-18(16-20)26(31)29-14-12-19(13-15-29)28-27(32)33-17-25-23-10-3-1-8-21(23)22-9-2-4-11-24(22)25/h1-11,16,19,25,30H,12-15,17H2,(H,28,32). The lowest BCUT2D eigenvalue weighted by Crippen LogP contribution is -2.46. The summed E-state index contributed by atoms with van der Waals surface area (Å²) in [5, 5.41) is 12.6. The highest BCUT2D eigenvalue weighted by molar-refractivity contribution is 5.94. The van der Waals surface area contributed by atoms with Crippen LogP contribution in [0.3, 0.4) is 0 Å². The van der Waals surface area contributed by atoms with Gasteiger partial charge in [0, 0.05) is 30.6 Å². The molecule has 3 aromatic carbocycles. The summed E-state index contributed by atoms with van der Waals surface area (Å²) in [6.45, 7) is 1.38. The lowest BCUT2D eigenvalue weighted by molar-refractivity contribution is 0.0701. The normalized spacial score (nSPS) is 15.6. The number of rotatable bonds is 4. The molecule has 0 bridgehead atoms. The van der Waals surface area contributed by atoms with Gasteiger partial charge in [0.25, 0.3) is 5.91 Å². The molecule has 6 nitrogen and oxygen atoms in total. The summed E-state index contributed by atoms with van der Waals surface area (Å²) in [7, 11) is 0. The Hall–Kier alpha value is -3.80. The smallest absolute Gasteiger partial charge is 0.407 e. The van der Waals surface area contributed by atoms with Gasteiger partial charge in [0.05, 0.1) is 0 Å². The summed E-state index contributed by atoms with van der Waals surface area (Å²) in [5.41, 5.74) is 5.24. The van der Waals surface area contributed by atoms with Gasteiger partial charge in [-0.25, -0.2) is 4.79 Å². The van der Waals surface area contributed by atoms with Gasteiger partial charge in [0.1, 0.15) is 12.4 Å². The highest BCUT2D eigenvalue weighted by Gasteiger charge is 2.30. The van der Waals surface area contributed by atoms with Crippen LogP contribution in [0.15, 0.2) is 72.8 Å². The monoisotopic (exact) mass is 442 g/mol. The summed E-state index contributed by atoms with van der Waals surface area (Å²) in [6, 6.07) is 22.9. The molecule has 2 aliphatic rings. The maximum Gasteiger partial charge on any atom is 0.407 e. The molecule has 1 aliphatic heterocycles. The Bertz CT molecular complexity index is 1140. The van der Waals surface area contributed by atoms with Crippen molar-refractivity contribution in [1.82, 2.24) is 10.2 Å². The van der Waals surface area contributed by atoms with Crippen molar-refractivity contribution in [3.63, 3.8) is 0 Å². The molecule has 3 aromatic rings. The fourth-order valence-electron chi connectivity index (χ4n) is 4.86. The molecular formula is C27H26N2O4. The summed E-state index contributed by atoms with van der Waals surface area (Å²) < 4.78 is 5.64. The van der Waals surface area contributed by atoms with Gasteiger partial charge in [-0.15, -0.1) is 0 Å². The zero-order valence-electron chi connectivity index (χ0n) is 18.2. The predicted molar refractivity (Wildman–Crippen MR) is 125 cm³/mol. The Morgan fingerprint density at radius 2 is 1.55 bits per heavy atom. The van der Waals surface area contributed by atoms with Crippen molar-refractivity contribution >= 4 is 12.0 Å². The molecule has 6 heteroatoms. The van der Waals surface area contributed by atoms with E-state index in [0.717, 1.165) is 0 Å². The minimum atomic E-state index is -0.422. The molecule has 0 atom stereocenters. The predicted octanol–water partition coefficient (Wildman–Crippen LogP) is 4.54. The van der Waals surface area contributed by atoms with Gasteiger partial charge in [-0.2, -0.15) is 0 Å². The molecule has 1 fully saturated rings. The van der Waals surface area contributed by atoms with E-state index in [0.29, 0.717) is 31.5 Å². The van der Waals surface area contributed by atoms with Gasteiger partial charge >= 0.3 is 6.09 Å². The Labute approximate surface area is 192 Å². The number of carbonyl (C=O) groups is 2. The number of benzene rings is 3. The number of ether oxygens (including phenoxy) is 1. The van der Waals surface area contributed by atoms with Crippen LogP contribution in [-0.2, 0) is 4.74 Å². The highest BCUT2D eigenvalue weighted by Crippen LogP contribution is 2.44.